The van der Waals surface area contributed by atoms with E-state index >= 15 is 0 Å². The van der Waals surface area contributed by atoms with Crippen LogP contribution < -0.4 is 0 Å². The van der Waals surface area contributed by atoms with E-state index in [4.69, 9.17) is 5.11 Å². The first-order valence-corrected chi connectivity index (χ1v) is 9.18. The quantitative estimate of drug-likeness (QED) is 0.739. The maximum atomic E-state index is 10.9. The average molecular weight is 220 g/mol. The summed E-state index contributed by atoms with van der Waals surface area (Å²) in [6.07, 6.45) is 0. The third-order valence-electron chi connectivity index (χ3n) is 2.58. The van der Waals surface area contributed by atoms with E-state index in [2.05, 4.69) is 33.9 Å². The number of carbonyl (C=O) groups excluding carboxylic acids is 1. The molecule has 1 N–H and O–H groups in total. The van der Waals surface area contributed by atoms with E-state index in [0.29, 0.717) is 10.8 Å². The Morgan fingerprint density at radius 2 is 1.85 bits per heavy atom. The Morgan fingerprint density at radius 1 is 1.38 bits per heavy atom. The largest absolute Gasteiger partial charge is 0.389 e. The van der Waals surface area contributed by atoms with Crippen molar-refractivity contribution in [3.05, 3.63) is 0 Å². The number of hydrogen-bond donors (Lipinski definition) is 1. The fourth-order valence-corrected chi connectivity index (χ4v) is 4.43. The van der Waals surface area contributed by atoms with Crippen LogP contribution in [0.15, 0.2) is 0 Å². The van der Waals surface area contributed by atoms with Crippen LogP contribution >= 0.6 is 11.2 Å². The van der Waals surface area contributed by atoms with Crippen molar-refractivity contribution in [3.8, 4) is 0 Å². The van der Waals surface area contributed by atoms with Gasteiger partial charge in [0.2, 0.25) is 0 Å². The second kappa shape index (κ2) is 4.62. The lowest BCUT2D eigenvalue weighted by Gasteiger charge is -2.35. The first-order chi connectivity index (χ1) is 5.70. The van der Waals surface area contributed by atoms with Gasteiger partial charge in [-0.2, -0.15) is 11.2 Å². The topological polar surface area (TPSA) is 37.3 Å². The number of ketones is 1. The molecule has 0 aliphatic rings. The minimum absolute atomic E-state index is 0.0603. The first-order valence-electron chi connectivity index (χ1n) is 4.47. The molecule has 0 heterocycles. The summed E-state index contributed by atoms with van der Waals surface area (Å²) in [6, 6.07) is 0. The number of aliphatic hydroxyl groups excluding tert-OH is 1. The van der Waals surface area contributed by atoms with Crippen LogP contribution in [0.4, 0.5) is 0 Å². The number of aliphatic hydroxyl groups is 1. The molecule has 13 heavy (non-hydrogen) atoms. The van der Waals surface area contributed by atoms with Crippen molar-refractivity contribution in [2.45, 2.75) is 38.9 Å². The molecule has 0 fully saturated rings. The Morgan fingerprint density at radius 3 is 2.15 bits per heavy atom. The third-order valence-corrected chi connectivity index (χ3v) is 11.8. The molecule has 0 rings (SSSR count). The third kappa shape index (κ3) is 4.29. The Hall–Kier alpha value is 0.197. The molecule has 0 aromatic rings. The van der Waals surface area contributed by atoms with Crippen molar-refractivity contribution >= 4 is 24.2 Å². The molecule has 0 radical (unpaired) electrons. The molecule has 0 aromatic heterocycles. The first kappa shape index (κ1) is 13.2. The van der Waals surface area contributed by atoms with Crippen molar-refractivity contribution < 1.29 is 9.90 Å². The molecular formula is C9H20O2SSi. The van der Waals surface area contributed by atoms with Gasteiger partial charge in [-0.25, -0.2) is 0 Å². The van der Waals surface area contributed by atoms with Gasteiger partial charge in [-0.05, 0) is 5.04 Å². The molecule has 2 nitrogen and oxygen atoms in total. The summed E-state index contributed by atoms with van der Waals surface area (Å²) >= 11 is 1.75. The number of Topliss-reactive ketones (excluding diaryl/α,β-unsaturated/α-hetero) is 1. The van der Waals surface area contributed by atoms with Gasteiger partial charge >= 0.3 is 0 Å². The second-order valence-corrected chi connectivity index (χ2v) is 13.8. The summed E-state index contributed by atoms with van der Waals surface area (Å²) in [5, 5.41) is 8.89. The summed E-state index contributed by atoms with van der Waals surface area (Å²) in [7, 11) is -1.40. The summed E-state index contributed by atoms with van der Waals surface area (Å²) in [5.74, 6) is 0.405. The average Bonchev–Trinajstić information content (AvgIpc) is 1.98. The monoisotopic (exact) mass is 220 g/mol. The van der Waals surface area contributed by atoms with Gasteiger partial charge < -0.3 is 5.11 Å². The zero-order valence-corrected chi connectivity index (χ0v) is 11.0. The summed E-state index contributed by atoms with van der Waals surface area (Å²) in [6.45, 7) is 10.9. The van der Waals surface area contributed by atoms with Crippen LogP contribution in [0.5, 0.6) is 0 Å². The second-order valence-electron chi connectivity index (χ2n) is 4.75. The van der Waals surface area contributed by atoms with Gasteiger partial charge in [-0.1, -0.05) is 33.9 Å². The van der Waals surface area contributed by atoms with Gasteiger partial charge in [0.15, 0.2) is 5.78 Å². The Labute approximate surface area is 85.8 Å². The number of hydrogen-bond acceptors (Lipinski definition) is 3. The molecule has 0 spiro atoms. The van der Waals surface area contributed by atoms with E-state index < -0.39 is 7.22 Å². The Bertz CT molecular complexity index is 185. The zero-order valence-electron chi connectivity index (χ0n) is 9.18. The van der Waals surface area contributed by atoms with Crippen molar-refractivity contribution in [2.24, 2.45) is 0 Å². The van der Waals surface area contributed by atoms with Gasteiger partial charge in [-0.3, -0.25) is 4.79 Å². The molecule has 0 aromatic carbocycles. The van der Waals surface area contributed by atoms with E-state index in [1.807, 2.05) is 0 Å². The van der Waals surface area contributed by atoms with Crippen LogP contribution in [-0.2, 0) is 4.79 Å². The van der Waals surface area contributed by atoms with Gasteiger partial charge in [0, 0.05) is 5.75 Å². The summed E-state index contributed by atoms with van der Waals surface area (Å²) in [4.78, 5) is 10.9. The molecule has 0 unspecified atom stereocenters. The van der Waals surface area contributed by atoms with Crippen LogP contribution in [0.25, 0.3) is 0 Å². The van der Waals surface area contributed by atoms with E-state index in [0.717, 1.165) is 0 Å². The standard InChI is InChI=1S/C9H20O2SSi/c1-9(2,3)13(4,5)12-7-8(11)6-10/h10H,6-7H2,1-5H3. The van der Waals surface area contributed by atoms with Crippen molar-refractivity contribution in [3.63, 3.8) is 0 Å². The summed E-state index contributed by atoms with van der Waals surface area (Å²) in [5.41, 5.74) is 0. The van der Waals surface area contributed by atoms with Crippen molar-refractivity contribution in [2.75, 3.05) is 12.4 Å². The molecule has 0 saturated carbocycles. The van der Waals surface area contributed by atoms with Crippen LogP contribution in [0.1, 0.15) is 20.8 Å². The van der Waals surface area contributed by atoms with Crippen LogP contribution in [0, 0.1) is 0 Å². The van der Waals surface area contributed by atoms with Crippen LogP contribution in [0.2, 0.25) is 18.1 Å². The smallest absolute Gasteiger partial charge is 0.167 e. The van der Waals surface area contributed by atoms with Gasteiger partial charge in [0.05, 0.1) is 0 Å². The lowest BCUT2D eigenvalue weighted by atomic mass is 10.2. The van der Waals surface area contributed by atoms with Gasteiger partial charge in [-0.15, -0.1) is 0 Å². The molecule has 0 atom stereocenters. The van der Waals surface area contributed by atoms with E-state index in [9.17, 15) is 4.79 Å². The van der Waals surface area contributed by atoms with E-state index in [-0.39, 0.29) is 12.4 Å². The normalized spacial score (nSPS) is 13.1. The molecule has 4 heteroatoms. The lowest BCUT2D eigenvalue weighted by Crippen LogP contribution is -2.34. The van der Waals surface area contributed by atoms with Crippen molar-refractivity contribution in [1.82, 2.24) is 0 Å². The molecule has 0 aliphatic heterocycles. The fraction of sp³-hybridized carbons (Fsp3) is 0.889. The van der Waals surface area contributed by atoms with Crippen LogP contribution in [0.3, 0.4) is 0 Å². The highest BCUT2D eigenvalue weighted by Gasteiger charge is 2.35. The fourth-order valence-electron chi connectivity index (χ4n) is 0.523. The Kier molecular flexibility index (Phi) is 4.69. The maximum Gasteiger partial charge on any atom is 0.167 e. The molecule has 0 bridgehead atoms. The Balaban J connectivity index is 4.12. The molecular weight excluding hydrogens is 200 g/mol. The SMILES string of the molecule is CC(C)(C)[Si](C)(C)SCC(=O)CO. The maximum absolute atomic E-state index is 10.9. The number of carbonyl (C=O) groups is 1. The van der Waals surface area contributed by atoms with Crippen molar-refractivity contribution in [1.29, 1.82) is 0 Å². The van der Waals surface area contributed by atoms with E-state index in [1.54, 1.807) is 11.2 Å². The molecule has 78 valence electrons. The highest BCUT2D eigenvalue weighted by molar-refractivity contribution is 8.29. The minimum Gasteiger partial charge on any atom is -0.389 e. The van der Waals surface area contributed by atoms with E-state index in [1.165, 1.54) is 0 Å². The lowest BCUT2D eigenvalue weighted by molar-refractivity contribution is -0.119. The summed E-state index contributed by atoms with van der Waals surface area (Å²) < 4.78 is 0. The highest BCUT2D eigenvalue weighted by Crippen LogP contribution is 2.43. The van der Waals surface area contributed by atoms with Crippen LogP contribution in [-0.4, -0.2) is 30.5 Å². The predicted octanol–water partition coefficient (Wildman–Crippen LogP) is 2.29. The van der Waals surface area contributed by atoms with Gasteiger partial charge in [0.1, 0.15) is 13.8 Å². The molecule has 0 aliphatic carbocycles. The molecule has 0 amide bonds. The predicted molar refractivity (Wildman–Crippen MR) is 61.7 cm³/mol. The number of rotatable bonds is 4. The highest BCUT2D eigenvalue weighted by atomic mass is 32.4. The zero-order chi connectivity index (χ0) is 10.7. The molecule has 0 saturated heterocycles. The van der Waals surface area contributed by atoms with Gasteiger partial charge in [0.25, 0.3) is 0 Å². The minimum atomic E-state index is -1.40.